The summed E-state index contributed by atoms with van der Waals surface area (Å²) in [6.45, 7) is 7.56. The van der Waals surface area contributed by atoms with Crippen molar-refractivity contribution < 1.29 is 19.2 Å². The minimum Gasteiger partial charge on any atom is -0.449 e. The molecule has 0 heterocycles. The highest BCUT2D eigenvalue weighted by Gasteiger charge is 2.32. The van der Waals surface area contributed by atoms with Crippen molar-refractivity contribution in [3.05, 3.63) is 69.8 Å². The molecule has 0 aromatic heterocycles. The van der Waals surface area contributed by atoms with E-state index in [0.29, 0.717) is 6.54 Å². The standard InChI is InChI=1S/C21H25N3O5/c1-14(29-20(26)17-11-10-16(24(27)28)12-18(17)22)19(25)23(21(2,3)4)13-15-8-6-5-7-9-15/h5-12,14H,13,22H2,1-4H3/t14-/m0/s1. The Morgan fingerprint density at radius 2 is 1.79 bits per heavy atom. The SMILES string of the molecule is C[C@H](OC(=O)c1ccc([N+](=O)[O-])cc1N)C(=O)N(Cc1ccccc1)C(C)(C)C. The Balaban J connectivity index is 2.16. The van der Waals surface area contributed by atoms with Gasteiger partial charge in [0.25, 0.3) is 11.6 Å². The number of esters is 1. The molecule has 154 valence electrons. The van der Waals surface area contributed by atoms with Crippen LogP contribution in [-0.2, 0) is 16.1 Å². The highest BCUT2D eigenvalue weighted by Crippen LogP contribution is 2.23. The summed E-state index contributed by atoms with van der Waals surface area (Å²) < 4.78 is 5.31. The van der Waals surface area contributed by atoms with Gasteiger partial charge in [0.1, 0.15) is 0 Å². The molecule has 8 nitrogen and oxygen atoms in total. The van der Waals surface area contributed by atoms with Crippen molar-refractivity contribution in [1.29, 1.82) is 0 Å². The van der Waals surface area contributed by atoms with E-state index in [2.05, 4.69) is 0 Å². The maximum absolute atomic E-state index is 13.0. The van der Waals surface area contributed by atoms with Gasteiger partial charge in [0.05, 0.1) is 16.2 Å². The van der Waals surface area contributed by atoms with Crippen molar-refractivity contribution in [2.75, 3.05) is 5.73 Å². The molecule has 1 atom stereocenters. The van der Waals surface area contributed by atoms with Crippen LogP contribution in [0.15, 0.2) is 48.5 Å². The summed E-state index contributed by atoms with van der Waals surface area (Å²) in [6.07, 6.45) is -1.06. The van der Waals surface area contributed by atoms with Crippen LogP contribution < -0.4 is 5.73 Å². The maximum atomic E-state index is 13.0. The lowest BCUT2D eigenvalue weighted by Crippen LogP contribution is -2.49. The minimum atomic E-state index is -1.06. The molecule has 0 aliphatic carbocycles. The lowest BCUT2D eigenvalue weighted by atomic mass is 10.0. The second-order valence-corrected chi connectivity index (χ2v) is 7.66. The first-order valence-corrected chi connectivity index (χ1v) is 9.11. The highest BCUT2D eigenvalue weighted by molar-refractivity contribution is 5.97. The number of anilines is 1. The zero-order valence-electron chi connectivity index (χ0n) is 16.9. The van der Waals surface area contributed by atoms with Crippen LogP contribution in [0.2, 0.25) is 0 Å². The number of nitrogens with zero attached hydrogens (tertiary/aromatic N) is 2. The highest BCUT2D eigenvalue weighted by atomic mass is 16.6. The molecule has 0 aliphatic rings. The second-order valence-electron chi connectivity index (χ2n) is 7.66. The van der Waals surface area contributed by atoms with Gasteiger partial charge in [0.2, 0.25) is 0 Å². The predicted octanol–water partition coefficient (Wildman–Crippen LogP) is 3.55. The first-order chi connectivity index (χ1) is 13.5. The van der Waals surface area contributed by atoms with Crippen LogP contribution in [0, 0.1) is 10.1 Å². The minimum absolute atomic E-state index is 0.0272. The molecule has 8 heteroatoms. The van der Waals surface area contributed by atoms with E-state index in [0.717, 1.165) is 17.7 Å². The quantitative estimate of drug-likeness (QED) is 0.344. The molecular formula is C21H25N3O5. The average Bonchev–Trinajstić information content (AvgIpc) is 2.65. The first kappa shape index (κ1) is 21.9. The van der Waals surface area contributed by atoms with E-state index in [4.69, 9.17) is 10.5 Å². The smallest absolute Gasteiger partial charge is 0.341 e. The average molecular weight is 399 g/mol. The number of nitro groups is 1. The molecule has 0 saturated heterocycles. The van der Waals surface area contributed by atoms with Crippen molar-refractivity contribution in [3.63, 3.8) is 0 Å². The lowest BCUT2D eigenvalue weighted by Gasteiger charge is -2.37. The van der Waals surface area contributed by atoms with Gasteiger partial charge in [0.15, 0.2) is 6.10 Å². The van der Waals surface area contributed by atoms with E-state index in [-0.39, 0.29) is 22.8 Å². The third-order valence-corrected chi connectivity index (χ3v) is 4.36. The van der Waals surface area contributed by atoms with Crippen LogP contribution in [0.5, 0.6) is 0 Å². The van der Waals surface area contributed by atoms with Gasteiger partial charge in [-0.3, -0.25) is 14.9 Å². The number of benzene rings is 2. The van der Waals surface area contributed by atoms with Crippen LogP contribution in [0.3, 0.4) is 0 Å². The van der Waals surface area contributed by atoms with Gasteiger partial charge in [0, 0.05) is 24.2 Å². The number of hydrogen-bond acceptors (Lipinski definition) is 6. The molecule has 2 rings (SSSR count). The van der Waals surface area contributed by atoms with Crippen molar-refractivity contribution in [3.8, 4) is 0 Å². The second kappa shape index (κ2) is 8.72. The van der Waals surface area contributed by atoms with Gasteiger partial charge in [-0.05, 0) is 39.3 Å². The summed E-state index contributed by atoms with van der Waals surface area (Å²) in [7, 11) is 0. The van der Waals surface area contributed by atoms with Crippen molar-refractivity contribution in [2.45, 2.75) is 45.9 Å². The number of carbonyl (C=O) groups excluding carboxylic acids is 2. The molecule has 2 N–H and O–H groups in total. The predicted molar refractivity (Wildman–Crippen MR) is 109 cm³/mol. The Morgan fingerprint density at radius 1 is 1.17 bits per heavy atom. The van der Waals surface area contributed by atoms with E-state index < -0.39 is 22.5 Å². The fourth-order valence-electron chi connectivity index (χ4n) is 2.76. The summed E-state index contributed by atoms with van der Waals surface area (Å²) in [6, 6.07) is 13.0. The number of ether oxygens (including phenoxy) is 1. The maximum Gasteiger partial charge on any atom is 0.341 e. The molecule has 0 radical (unpaired) electrons. The van der Waals surface area contributed by atoms with Gasteiger partial charge in [-0.15, -0.1) is 0 Å². The van der Waals surface area contributed by atoms with Crippen molar-refractivity contribution >= 4 is 23.3 Å². The molecule has 29 heavy (non-hydrogen) atoms. The molecule has 0 fully saturated rings. The van der Waals surface area contributed by atoms with Crippen LogP contribution in [0.25, 0.3) is 0 Å². The number of nitro benzene ring substituents is 1. The molecule has 2 aromatic carbocycles. The largest absolute Gasteiger partial charge is 0.449 e. The zero-order valence-corrected chi connectivity index (χ0v) is 16.9. The Morgan fingerprint density at radius 3 is 2.31 bits per heavy atom. The van der Waals surface area contributed by atoms with Crippen LogP contribution in [-0.4, -0.2) is 33.3 Å². The third-order valence-electron chi connectivity index (χ3n) is 4.36. The number of nitrogens with two attached hydrogens (primary N) is 1. The Kier molecular flexibility index (Phi) is 6.58. The number of rotatable bonds is 6. The number of hydrogen-bond donors (Lipinski definition) is 1. The number of carbonyl (C=O) groups is 2. The van der Waals surface area contributed by atoms with Crippen LogP contribution >= 0.6 is 0 Å². The molecular weight excluding hydrogens is 374 g/mol. The number of nitrogen functional groups attached to an aromatic ring is 1. The molecule has 0 unspecified atom stereocenters. The van der Waals surface area contributed by atoms with Gasteiger partial charge in [-0.1, -0.05) is 30.3 Å². The lowest BCUT2D eigenvalue weighted by molar-refractivity contribution is -0.384. The first-order valence-electron chi connectivity index (χ1n) is 9.11. The van der Waals surface area contributed by atoms with E-state index in [1.807, 2.05) is 51.1 Å². The topological polar surface area (TPSA) is 116 Å². The molecule has 0 bridgehead atoms. The fraction of sp³-hybridized carbons (Fsp3) is 0.333. The van der Waals surface area contributed by atoms with Gasteiger partial charge in [-0.25, -0.2) is 4.79 Å². The molecule has 0 saturated carbocycles. The zero-order chi connectivity index (χ0) is 21.8. The van der Waals surface area contributed by atoms with Gasteiger partial charge in [-0.2, -0.15) is 0 Å². The number of amides is 1. The summed E-state index contributed by atoms with van der Waals surface area (Å²) in [5, 5.41) is 10.8. The normalized spacial score (nSPS) is 12.1. The molecule has 2 aromatic rings. The summed E-state index contributed by atoms with van der Waals surface area (Å²) in [5.41, 5.74) is 5.85. The Bertz CT molecular complexity index is 906. The van der Waals surface area contributed by atoms with E-state index in [9.17, 15) is 19.7 Å². The Hall–Kier alpha value is -3.42. The van der Waals surface area contributed by atoms with Crippen LogP contribution in [0.1, 0.15) is 43.6 Å². The van der Waals surface area contributed by atoms with E-state index in [1.54, 1.807) is 4.90 Å². The molecule has 1 amide bonds. The summed E-state index contributed by atoms with van der Waals surface area (Å²) >= 11 is 0. The van der Waals surface area contributed by atoms with E-state index >= 15 is 0 Å². The van der Waals surface area contributed by atoms with E-state index in [1.165, 1.54) is 13.0 Å². The van der Waals surface area contributed by atoms with Gasteiger partial charge < -0.3 is 15.4 Å². The monoisotopic (exact) mass is 399 g/mol. The summed E-state index contributed by atoms with van der Waals surface area (Å²) in [4.78, 5) is 37.3. The third kappa shape index (κ3) is 5.54. The number of non-ortho nitro benzene ring substituents is 1. The summed E-state index contributed by atoms with van der Waals surface area (Å²) in [5.74, 6) is -1.16. The Labute approximate surface area is 169 Å². The van der Waals surface area contributed by atoms with Crippen molar-refractivity contribution in [2.24, 2.45) is 0 Å². The van der Waals surface area contributed by atoms with Gasteiger partial charge >= 0.3 is 5.97 Å². The molecule has 0 aliphatic heterocycles. The van der Waals surface area contributed by atoms with Crippen LogP contribution in [0.4, 0.5) is 11.4 Å². The van der Waals surface area contributed by atoms with Crippen molar-refractivity contribution in [1.82, 2.24) is 4.90 Å². The molecule has 0 spiro atoms. The fourth-order valence-corrected chi connectivity index (χ4v) is 2.76.